The molecule has 0 aliphatic heterocycles. The van der Waals surface area contributed by atoms with Crippen molar-refractivity contribution in [3.8, 4) is 5.75 Å². The number of ether oxygens (including phenoxy) is 1. The van der Waals surface area contributed by atoms with Gasteiger partial charge in [0.1, 0.15) is 11.8 Å². The Morgan fingerprint density at radius 3 is 2.30 bits per heavy atom. The first-order chi connectivity index (χ1) is 11.0. The van der Waals surface area contributed by atoms with E-state index in [9.17, 15) is 9.90 Å². The maximum Gasteiger partial charge on any atom is 0.323 e. The number of phenolic OH excluding ortho intramolecular Hbond substituents is 1. The number of benzene rings is 1. The van der Waals surface area contributed by atoms with E-state index in [-0.39, 0.29) is 17.7 Å². The van der Waals surface area contributed by atoms with Crippen LogP contribution in [0.1, 0.15) is 31.2 Å². The Bertz CT molecular complexity index is 452. The van der Waals surface area contributed by atoms with Gasteiger partial charge in [-0.1, -0.05) is 18.6 Å². The van der Waals surface area contributed by atoms with E-state index in [0.29, 0.717) is 25.9 Å². The Balaban J connectivity index is 2.08. The largest absolute Gasteiger partial charge is 0.508 e. The van der Waals surface area contributed by atoms with Gasteiger partial charge in [-0.25, -0.2) is 0 Å². The molecular weight excluding hydrogens is 304 g/mol. The van der Waals surface area contributed by atoms with Crippen LogP contribution < -0.4 is 5.73 Å². The lowest BCUT2D eigenvalue weighted by atomic mass is 10.1. The first-order valence-corrected chi connectivity index (χ1v) is 7.50. The van der Waals surface area contributed by atoms with Gasteiger partial charge < -0.3 is 15.6 Å². The van der Waals surface area contributed by atoms with Crippen LogP contribution in [0.3, 0.4) is 0 Å². The topological polar surface area (TPSA) is 125 Å². The summed E-state index contributed by atoms with van der Waals surface area (Å²) in [6, 6.07) is 5.79. The minimum absolute atomic E-state index is 0.168. The summed E-state index contributed by atoms with van der Waals surface area (Å²) >= 11 is 0. The normalized spacial score (nSPS) is 12.3. The van der Waals surface area contributed by atoms with Crippen LogP contribution in [0.2, 0.25) is 0 Å². The zero-order valence-corrected chi connectivity index (χ0v) is 12.9. The van der Waals surface area contributed by atoms with Gasteiger partial charge in [0.15, 0.2) is 0 Å². The summed E-state index contributed by atoms with van der Waals surface area (Å²) in [5.74, 6) is -0.279. The number of nitrogens with two attached hydrogens (primary N) is 1. The van der Waals surface area contributed by atoms with Crippen molar-refractivity contribution in [1.82, 2.24) is 5.39 Å². The number of hydrogen-bond acceptors (Lipinski definition) is 8. The van der Waals surface area contributed by atoms with E-state index in [2.05, 4.69) is 4.84 Å². The lowest BCUT2D eigenvalue weighted by Crippen LogP contribution is -2.34. The molecule has 23 heavy (non-hydrogen) atoms. The highest BCUT2D eigenvalue weighted by atomic mass is 17.1. The molecule has 1 atom stereocenters. The van der Waals surface area contributed by atoms with Crippen molar-refractivity contribution in [3.63, 3.8) is 0 Å². The van der Waals surface area contributed by atoms with Crippen LogP contribution in [0.5, 0.6) is 5.75 Å². The van der Waals surface area contributed by atoms with Crippen LogP contribution in [-0.4, -0.2) is 46.1 Å². The van der Waals surface area contributed by atoms with Gasteiger partial charge in [0, 0.05) is 0 Å². The second kappa shape index (κ2) is 10.9. The minimum Gasteiger partial charge on any atom is -0.508 e. The van der Waals surface area contributed by atoms with Gasteiger partial charge in [-0.15, -0.1) is 0 Å². The summed E-state index contributed by atoms with van der Waals surface area (Å²) in [6.45, 7) is 0.513. The molecule has 0 saturated carbocycles. The molecule has 0 amide bonds. The molecule has 0 saturated heterocycles. The lowest BCUT2D eigenvalue weighted by molar-refractivity contribution is -0.492. The van der Waals surface area contributed by atoms with E-state index in [1.54, 1.807) is 24.3 Å². The number of nitrogens with zero attached hydrogens (tertiary/aromatic N) is 1. The molecule has 8 nitrogen and oxygen atoms in total. The average Bonchev–Trinajstić information content (AvgIpc) is 2.51. The number of unbranched alkanes of at least 4 members (excludes halogenated alkanes) is 3. The Morgan fingerprint density at radius 2 is 1.70 bits per heavy atom. The molecule has 1 aromatic rings. The number of esters is 1. The third-order valence-corrected chi connectivity index (χ3v) is 3.18. The SMILES string of the molecule is NC(Cc1ccc(O)cc1)C(=O)OCCCCCCON(O)O. The molecule has 0 radical (unpaired) electrons. The quantitative estimate of drug-likeness (QED) is 0.273. The number of hydrogen-bond donors (Lipinski definition) is 4. The van der Waals surface area contributed by atoms with Gasteiger partial charge in [0.05, 0.1) is 18.6 Å². The number of aromatic hydroxyl groups is 1. The minimum atomic E-state index is -0.729. The Kier molecular flexibility index (Phi) is 9.18. The molecule has 0 fully saturated rings. The standard InChI is InChI=1S/C15H24N2O6/c16-14(11-12-5-7-13(18)8-6-12)15(19)22-9-3-1-2-4-10-23-17(20)21/h5-8,14,18,20-21H,1-4,9-11,16H2. The predicted molar refractivity (Wildman–Crippen MR) is 80.6 cm³/mol. The predicted octanol–water partition coefficient (Wildman–Crippen LogP) is 1.38. The molecule has 0 spiro atoms. The van der Waals surface area contributed by atoms with E-state index >= 15 is 0 Å². The molecular formula is C15H24N2O6. The van der Waals surface area contributed by atoms with Crippen LogP contribution >= 0.6 is 0 Å². The number of phenols is 1. The molecule has 1 rings (SSSR count). The van der Waals surface area contributed by atoms with Crippen molar-refractivity contribution >= 4 is 5.97 Å². The second-order valence-electron chi connectivity index (χ2n) is 5.14. The van der Waals surface area contributed by atoms with E-state index in [4.69, 9.17) is 20.9 Å². The van der Waals surface area contributed by atoms with Crippen LogP contribution in [0.4, 0.5) is 0 Å². The Hall–Kier alpha value is -1.71. The highest BCUT2D eigenvalue weighted by Crippen LogP contribution is 2.11. The van der Waals surface area contributed by atoms with Gasteiger partial charge in [0.2, 0.25) is 0 Å². The summed E-state index contributed by atoms with van der Waals surface area (Å²) in [4.78, 5) is 16.2. The molecule has 1 aromatic carbocycles. The fraction of sp³-hybridized carbons (Fsp3) is 0.533. The smallest absolute Gasteiger partial charge is 0.323 e. The third kappa shape index (κ3) is 9.11. The van der Waals surface area contributed by atoms with E-state index in [0.717, 1.165) is 18.4 Å². The number of carbonyl (C=O) groups excluding carboxylic acids is 1. The maximum absolute atomic E-state index is 11.7. The van der Waals surface area contributed by atoms with Crippen molar-refractivity contribution < 1.29 is 29.9 Å². The fourth-order valence-electron chi connectivity index (χ4n) is 1.95. The van der Waals surface area contributed by atoms with Crippen LogP contribution in [0.25, 0.3) is 0 Å². The van der Waals surface area contributed by atoms with Crippen molar-refractivity contribution in [2.45, 2.75) is 38.1 Å². The molecule has 0 aliphatic carbocycles. The average molecular weight is 328 g/mol. The van der Waals surface area contributed by atoms with Crippen LogP contribution in [-0.2, 0) is 20.8 Å². The van der Waals surface area contributed by atoms with Gasteiger partial charge in [-0.05, 0) is 43.4 Å². The Labute approximate surface area is 134 Å². The van der Waals surface area contributed by atoms with Crippen LogP contribution in [0.15, 0.2) is 24.3 Å². The molecule has 8 heteroatoms. The first-order valence-electron chi connectivity index (χ1n) is 7.50. The van der Waals surface area contributed by atoms with Crippen molar-refractivity contribution in [2.24, 2.45) is 5.73 Å². The zero-order chi connectivity index (χ0) is 17.1. The highest BCUT2D eigenvalue weighted by molar-refractivity contribution is 5.75. The third-order valence-electron chi connectivity index (χ3n) is 3.18. The molecule has 0 aliphatic rings. The Morgan fingerprint density at radius 1 is 1.09 bits per heavy atom. The van der Waals surface area contributed by atoms with Gasteiger partial charge in [0.25, 0.3) is 0 Å². The van der Waals surface area contributed by atoms with E-state index in [1.165, 1.54) is 0 Å². The van der Waals surface area contributed by atoms with Gasteiger partial charge >= 0.3 is 5.97 Å². The summed E-state index contributed by atoms with van der Waals surface area (Å²) in [5, 5.41) is 25.5. The summed E-state index contributed by atoms with van der Waals surface area (Å²) < 4.78 is 5.11. The van der Waals surface area contributed by atoms with Crippen molar-refractivity contribution in [3.05, 3.63) is 29.8 Å². The number of carbonyl (C=O) groups is 1. The maximum atomic E-state index is 11.7. The van der Waals surface area contributed by atoms with Gasteiger partial charge in [-0.2, -0.15) is 0 Å². The summed E-state index contributed by atoms with van der Waals surface area (Å²) in [5.41, 5.74) is 6.65. The molecule has 0 aromatic heterocycles. The van der Waals surface area contributed by atoms with Crippen molar-refractivity contribution in [2.75, 3.05) is 13.2 Å². The molecule has 1 unspecified atom stereocenters. The summed E-state index contributed by atoms with van der Waals surface area (Å²) in [6.07, 6.45) is 3.40. The molecule has 0 heterocycles. The monoisotopic (exact) mass is 328 g/mol. The second-order valence-corrected chi connectivity index (χ2v) is 5.14. The van der Waals surface area contributed by atoms with Crippen molar-refractivity contribution in [1.29, 1.82) is 0 Å². The zero-order valence-electron chi connectivity index (χ0n) is 12.9. The molecule has 0 bridgehead atoms. The highest BCUT2D eigenvalue weighted by Gasteiger charge is 2.15. The number of rotatable bonds is 11. The first kappa shape index (κ1) is 19.3. The van der Waals surface area contributed by atoms with E-state index in [1.807, 2.05) is 0 Å². The summed E-state index contributed by atoms with van der Waals surface area (Å²) in [7, 11) is 0. The molecule has 130 valence electrons. The molecule has 5 N–H and O–H groups in total. The lowest BCUT2D eigenvalue weighted by Gasteiger charge is -2.11. The van der Waals surface area contributed by atoms with Crippen LogP contribution in [0, 0.1) is 0 Å². The van der Waals surface area contributed by atoms with E-state index < -0.39 is 12.0 Å². The fourth-order valence-corrected chi connectivity index (χ4v) is 1.95. The van der Waals surface area contributed by atoms with Gasteiger partial charge in [-0.3, -0.25) is 20.0 Å².